The highest BCUT2D eigenvalue weighted by atomic mass is 16.3. The minimum Gasteiger partial charge on any atom is -0.455 e. The Balaban J connectivity index is 1.35. The van der Waals surface area contributed by atoms with Crippen LogP contribution in [0.15, 0.2) is 167 Å². The van der Waals surface area contributed by atoms with Crippen molar-refractivity contribution < 1.29 is 8.83 Å². The van der Waals surface area contributed by atoms with E-state index in [2.05, 4.69) is 171 Å². The van der Waals surface area contributed by atoms with Crippen molar-refractivity contribution in [2.45, 2.75) is 26.2 Å². The van der Waals surface area contributed by atoms with Crippen molar-refractivity contribution in [2.24, 2.45) is 0 Å². The van der Waals surface area contributed by atoms with Gasteiger partial charge in [0.25, 0.3) is 0 Å². The maximum Gasteiger partial charge on any atom is 0.163 e. The van der Waals surface area contributed by atoms with Crippen LogP contribution in [0.4, 0.5) is 17.1 Å². The summed E-state index contributed by atoms with van der Waals surface area (Å²) in [5, 5.41) is 4.27. The van der Waals surface area contributed by atoms with Crippen LogP contribution in [0.2, 0.25) is 0 Å². The zero-order valence-electron chi connectivity index (χ0n) is 27.8. The van der Waals surface area contributed by atoms with E-state index in [1.165, 1.54) is 27.8 Å². The summed E-state index contributed by atoms with van der Waals surface area (Å²) < 4.78 is 13.6. The first kappa shape index (κ1) is 29.1. The van der Waals surface area contributed by atoms with Gasteiger partial charge in [0.1, 0.15) is 16.7 Å². The number of rotatable bonds is 5. The third-order valence-electron chi connectivity index (χ3n) is 9.60. The standard InChI is InChI=1S/C46H35NO2/c1-46(2,3)38-18-12-20-41-42(38)37-29-39(45-43(44(37)49-41)36-17-10-11-19-40(36)48-45)47(34-25-21-32(22-26-34)30-13-6-4-7-14-30)35-27-23-33(24-28-35)31-15-8-5-9-16-31/h4-29H,1-3H3. The lowest BCUT2D eigenvalue weighted by Crippen LogP contribution is -2.11. The molecule has 0 bridgehead atoms. The van der Waals surface area contributed by atoms with E-state index in [-0.39, 0.29) is 5.41 Å². The van der Waals surface area contributed by atoms with Gasteiger partial charge in [0.2, 0.25) is 0 Å². The molecule has 0 aliphatic heterocycles. The molecule has 2 aromatic heterocycles. The van der Waals surface area contributed by atoms with Crippen LogP contribution in [0.1, 0.15) is 26.3 Å². The highest BCUT2D eigenvalue weighted by Gasteiger charge is 2.27. The Kier molecular flexibility index (Phi) is 6.70. The van der Waals surface area contributed by atoms with Crippen LogP contribution in [0.3, 0.4) is 0 Å². The number of para-hydroxylation sites is 1. The molecule has 7 aromatic carbocycles. The van der Waals surface area contributed by atoms with E-state index in [9.17, 15) is 0 Å². The van der Waals surface area contributed by atoms with Gasteiger partial charge in [0.15, 0.2) is 5.58 Å². The topological polar surface area (TPSA) is 29.5 Å². The van der Waals surface area contributed by atoms with Gasteiger partial charge in [0.05, 0.1) is 11.1 Å². The second-order valence-electron chi connectivity index (χ2n) is 13.8. The van der Waals surface area contributed by atoms with Gasteiger partial charge < -0.3 is 13.7 Å². The highest BCUT2D eigenvalue weighted by Crippen LogP contribution is 2.49. The molecule has 0 saturated carbocycles. The maximum absolute atomic E-state index is 6.79. The van der Waals surface area contributed by atoms with Crippen molar-refractivity contribution in [1.29, 1.82) is 0 Å². The first-order chi connectivity index (χ1) is 23.9. The molecule has 0 radical (unpaired) electrons. The Labute approximate surface area is 285 Å². The predicted molar refractivity (Wildman–Crippen MR) is 205 cm³/mol. The SMILES string of the molecule is CC(C)(C)c1cccc2oc3c(cc(N(c4ccc(-c5ccccc5)cc4)c4ccc(-c5ccccc5)cc4)c4oc5ccccc5c43)c12. The third kappa shape index (κ3) is 4.89. The zero-order chi connectivity index (χ0) is 33.1. The van der Waals surface area contributed by atoms with E-state index >= 15 is 0 Å². The van der Waals surface area contributed by atoms with Gasteiger partial charge in [-0.15, -0.1) is 0 Å². The van der Waals surface area contributed by atoms with Gasteiger partial charge in [-0.2, -0.15) is 0 Å². The molecule has 9 aromatic rings. The minimum atomic E-state index is -0.0792. The molecule has 0 unspecified atom stereocenters. The van der Waals surface area contributed by atoms with Gasteiger partial charge in [-0.05, 0) is 75.7 Å². The summed E-state index contributed by atoms with van der Waals surface area (Å²) in [6, 6.07) is 55.7. The Morgan fingerprint density at radius 1 is 0.429 bits per heavy atom. The van der Waals surface area contributed by atoms with Crippen LogP contribution < -0.4 is 4.90 Å². The monoisotopic (exact) mass is 633 g/mol. The average Bonchev–Trinajstić information content (AvgIpc) is 3.71. The maximum atomic E-state index is 6.79. The van der Waals surface area contributed by atoms with Crippen LogP contribution in [0.25, 0.3) is 66.1 Å². The van der Waals surface area contributed by atoms with E-state index in [4.69, 9.17) is 8.83 Å². The molecule has 9 rings (SSSR count). The molecule has 236 valence electrons. The van der Waals surface area contributed by atoms with Crippen molar-refractivity contribution in [2.75, 3.05) is 4.90 Å². The summed E-state index contributed by atoms with van der Waals surface area (Å²) in [5.41, 5.74) is 12.3. The fourth-order valence-electron chi connectivity index (χ4n) is 7.23. The number of fused-ring (bicyclic) bond motifs is 7. The molecular formula is C46H35NO2. The summed E-state index contributed by atoms with van der Waals surface area (Å²) in [5.74, 6) is 0. The van der Waals surface area contributed by atoms with Crippen molar-refractivity contribution in [3.05, 3.63) is 163 Å². The van der Waals surface area contributed by atoms with Gasteiger partial charge >= 0.3 is 0 Å². The summed E-state index contributed by atoms with van der Waals surface area (Å²) in [6.45, 7) is 6.80. The van der Waals surface area contributed by atoms with Crippen molar-refractivity contribution in [3.8, 4) is 22.3 Å². The molecular weight excluding hydrogens is 599 g/mol. The van der Waals surface area contributed by atoms with Crippen molar-refractivity contribution >= 4 is 60.9 Å². The summed E-state index contributed by atoms with van der Waals surface area (Å²) in [7, 11) is 0. The molecule has 0 saturated heterocycles. The van der Waals surface area contributed by atoms with Gasteiger partial charge in [0, 0.05) is 27.5 Å². The number of anilines is 3. The van der Waals surface area contributed by atoms with Crippen LogP contribution >= 0.6 is 0 Å². The fourth-order valence-corrected chi connectivity index (χ4v) is 7.23. The van der Waals surface area contributed by atoms with E-state index in [1.54, 1.807) is 0 Å². The fraction of sp³-hybridized carbons (Fsp3) is 0.0870. The Morgan fingerprint density at radius 3 is 1.53 bits per heavy atom. The second-order valence-corrected chi connectivity index (χ2v) is 13.8. The molecule has 3 nitrogen and oxygen atoms in total. The number of nitrogens with zero attached hydrogens (tertiary/aromatic N) is 1. The lowest BCUT2D eigenvalue weighted by molar-refractivity contribution is 0.594. The van der Waals surface area contributed by atoms with Gasteiger partial charge in [-0.1, -0.05) is 136 Å². The lowest BCUT2D eigenvalue weighted by Gasteiger charge is -2.26. The minimum absolute atomic E-state index is 0.0792. The van der Waals surface area contributed by atoms with Crippen molar-refractivity contribution in [3.63, 3.8) is 0 Å². The number of benzene rings is 7. The Morgan fingerprint density at radius 2 is 0.939 bits per heavy atom. The van der Waals surface area contributed by atoms with E-state index in [0.717, 1.165) is 60.9 Å². The Bertz CT molecular complexity index is 2520. The lowest BCUT2D eigenvalue weighted by atomic mass is 9.84. The van der Waals surface area contributed by atoms with E-state index < -0.39 is 0 Å². The van der Waals surface area contributed by atoms with Crippen LogP contribution in [-0.4, -0.2) is 0 Å². The van der Waals surface area contributed by atoms with E-state index in [0.29, 0.717) is 0 Å². The smallest absolute Gasteiger partial charge is 0.163 e. The predicted octanol–water partition coefficient (Wildman–Crippen LogP) is 13.6. The summed E-state index contributed by atoms with van der Waals surface area (Å²) in [6.07, 6.45) is 0. The zero-order valence-corrected chi connectivity index (χ0v) is 27.8. The van der Waals surface area contributed by atoms with Gasteiger partial charge in [-0.25, -0.2) is 0 Å². The molecule has 0 fully saturated rings. The molecule has 0 spiro atoms. The molecule has 2 heterocycles. The second kappa shape index (κ2) is 11.3. The third-order valence-corrected chi connectivity index (χ3v) is 9.60. The largest absolute Gasteiger partial charge is 0.455 e. The van der Waals surface area contributed by atoms with E-state index in [1.807, 2.05) is 12.1 Å². The average molecular weight is 634 g/mol. The Hall–Kier alpha value is -6.06. The van der Waals surface area contributed by atoms with Crippen LogP contribution in [0.5, 0.6) is 0 Å². The summed E-state index contributed by atoms with van der Waals surface area (Å²) >= 11 is 0. The number of hydrogen-bond donors (Lipinski definition) is 0. The normalized spacial score (nSPS) is 12.0. The first-order valence-corrected chi connectivity index (χ1v) is 16.9. The van der Waals surface area contributed by atoms with Crippen LogP contribution in [0, 0.1) is 0 Å². The highest BCUT2D eigenvalue weighted by molar-refractivity contribution is 6.26. The molecule has 0 amide bonds. The quantitative estimate of drug-likeness (QED) is 0.189. The van der Waals surface area contributed by atoms with Crippen LogP contribution in [-0.2, 0) is 5.41 Å². The molecule has 3 heteroatoms. The molecule has 0 atom stereocenters. The molecule has 49 heavy (non-hydrogen) atoms. The van der Waals surface area contributed by atoms with Gasteiger partial charge in [-0.3, -0.25) is 0 Å². The summed E-state index contributed by atoms with van der Waals surface area (Å²) in [4.78, 5) is 2.33. The molecule has 0 N–H and O–H groups in total. The number of furan rings is 2. The van der Waals surface area contributed by atoms with Crippen molar-refractivity contribution in [1.82, 2.24) is 0 Å². The first-order valence-electron chi connectivity index (χ1n) is 16.9. The number of hydrogen-bond acceptors (Lipinski definition) is 3. The molecule has 0 aliphatic carbocycles. The molecule has 0 aliphatic rings.